The molecule has 0 aliphatic heterocycles. The van der Waals surface area contributed by atoms with Gasteiger partial charge in [0.05, 0.1) is 17.7 Å². The number of nitrogens with zero attached hydrogens (tertiary/aromatic N) is 3. The number of benzene rings is 1. The minimum absolute atomic E-state index is 0.0253. The number of hydrogen-bond donors (Lipinski definition) is 1. The molecule has 8 heteroatoms. The maximum absolute atomic E-state index is 13.8. The molecule has 1 heterocycles. The first-order valence-corrected chi connectivity index (χ1v) is 7.90. The van der Waals surface area contributed by atoms with Crippen molar-refractivity contribution in [2.75, 3.05) is 6.54 Å². The average molecular weight is 349 g/mol. The van der Waals surface area contributed by atoms with Gasteiger partial charge in [0.1, 0.15) is 11.5 Å². The third-order valence-electron chi connectivity index (χ3n) is 4.13. The Labute approximate surface area is 142 Å². The Morgan fingerprint density at radius 2 is 2.12 bits per heavy atom. The summed E-state index contributed by atoms with van der Waals surface area (Å²) in [5.74, 6) is -3.49. The van der Waals surface area contributed by atoms with Crippen LogP contribution in [0.2, 0.25) is 0 Å². The predicted molar refractivity (Wildman–Crippen MR) is 84.3 cm³/mol. The van der Waals surface area contributed by atoms with E-state index in [1.807, 2.05) is 0 Å². The third-order valence-corrected chi connectivity index (χ3v) is 4.13. The lowest BCUT2D eigenvalue weighted by atomic mass is 10.1. The third kappa shape index (κ3) is 3.67. The molecule has 25 heavy (non-hydrogen) atoms. The number of halogens is 2. The van der Waals surface area contributed by atoms with E-state index < -0.39 is 23.5 Å². The van der Waals surface area contributed by atoms with Gasteiger partial charge in [-0.15, -0.1) is 0 Å². The molecule has 2 aromatic rings. The van der Waals surface area contributed by atoms with Crippen LogP contribution in [0.1, 0.15) is 30.1 Å². The molecule has 0 unspecified atom stereocenters. The second kappa shape index (κ2) is 6.62. The number of carbonyl (C=O) groups is 2. The first-order chi connectivity index (χ1) is 11.9. The summed E-state index contributed by atoms with van der Waals surface area (Å²) < 4.78 is 28.0. The van der Waals surface area contributed by atoms with Crippen LogP contribution in [0.5, 0.6) is 0 Å². The van der Waals surface area contributed by atoms with Gasteiger partial charge < -0.3 is 10.0 Å². The van der Waals surface area contributed by atoms with Gasteiger partial charge in [-0.3, -0.25) is 9.59 Å². The zero-order chi connectivity index (χ0) is 18.1. The highest BCUT2D eigenvalue weighted by atomic mass is 19.1. The number of carbonyl (C=O) groups excluding carboxylic acids is 1. The maximum atomic E-state index is 13.8. The Bertz CT molecular complexity index is 817. The molecule has 6 nitrogen and oxygen atoms in total. The maximum Gasteiger partial charge on any atom is 0.308 e. The summed E-state index contributed by atoms with van der Waals surface area (Å²) in [4.78, 5) is 25.3. The van der Waals surface area contributed by atoms with E-state index in [0.29, 0.717) is 0 Å². The van der Waals surface area contributed by atoms with Crippen molar-refractivity contribution in [3.63, 3.8) is 0 Å². The van der Waals surface area contributed by atoms with E-state index in [2.05, 4.69) is 5.10 Å². The molecular formula is C17H17F2N3O3. The monoisotopic (exact) mass is 349 g/mol. The molecule has 1 aromatic carbocycles. The van der Waals surface area contributed by atoms with Crippen LogP contribution >= 0.6 is 0 Å². The molecular weight excluding hydrogens is 332 g/mol. The van der Waals surface area contributed by atoms with Crippen LogP contribution in [0.25, 0.3) is 5.69 Å². The molecule has 0 saturated heterocycles. The van der Waals surface area contributed by atoms with Crippen molar-refractivity contribution in [3.8, 4) is 5.69 Å². The number of aromatic nitrogens is 2. The molecule has 1 atom stereocenters. The molecule has 1 aliphatic carbocycles. The lowest BCUT2D eigenvalue weighted by Crippen LogP contribution is -2.38. The van der Waals surface area contributed by atoms with Crippen LogP contribution in [0.15, 0.2) is 30.6 Å². The summed E-state index contributed by atoms with van der Waals surface area (Å²) in [5.41, 5.74) is 0.255. The molecule has 0 spiro atoms. The fourth-order valence-electron chi connectivity index (χ4n) is 2.56. The highest BCUT2D eigenvalue weighted by molar-refractivity contribution is 5.94. The van der Waals surface area contributed by atoms with Crippen molar-refractivity contribution in [1.29, 1.82) is 0 Å². The molecule has 1 amide bonds. The molecule has 0 bridgehead atoms. The topological polar surface area (TPSA) is 75.4 Å². The van der Waals surface area contributed by atoms with Crippen molar-refractivity contribution in [1.82, 2.24) is 14.7 Å². The number of aliphatic carboxylic acids is 1. The normalized spacial score (nSPS) is 15.0. The van der Waals surface area contributed by atoms with E-state index in [1.54, 1.807) is 6.92 Å². The summed E-state index contributed by atoms with van der Waals surface area (Å²) in [6.07, 6.45) is 4.32. The number of hydrogen-bond acceptors (Lipinski definition) is 3. The van der Waals surface area contributed by atoms with Crippen molar-refractivity contribution >= 4 is 11.9 Å². The summed E-state index contributed by atoms with van der Waals surface area (Å²) in [6.45, 7) is 1.65. The van der Waals surface area contributed by atoms with Gasteiger partial charge in [-0.1, -0.05) is 6.92 Å². The molecule has 1 aliphatic rings. The Balaban J connectivity index is 1.82. The number of rotatable bonds is 6. The minimum atomic E-state index is -0.970. The Morgan fingerprint density at radius 1 is 1.40 bits per heavy atom. The lowest BCUT2D eigenvalue weighted by Gasteiger charge is -2.23. The zero-order valence-electron chi connectivity index (χ0n) is 13.5. The first-order valence-electron chi connectivity index (χ1n) is 7.90. The highest BCUT2D eigenvalue weighted by Gasteiger charge is 2.35. The predicted octanol–water partition coefficient (Wildman–Crippen LogP) is 2.48. The van der Waals surface area contributed by atoms with Gasteiger partial charge in [0.15, 0.2) is 5.82 Å². The van der Waals surface area contributed by atoms with E-state index in [-0.39, 0.29) is 29.7 Å². The SMILES string of the molecule is C[C@H](CN(C(=O)c1cnn(-c2ccc(F)cc2F)c1)C1CC1)C(=O)O. The molecule has 3 rings (SSSR count). The molecule has 1 N–H and O–H groups in total. The Morgan fingerprint density at radius 3 is 2.72 bits per heavy atom. The first kappa shape index (κ1) is 17.1. The number of carboxylic acids is 1. The highest BCUT2D eigenvalue weighted by Crippen LogP contribution is 2.29. The van der Waals surface area contributed by atoms with Gasteiger partial charge in [-0.2, -0.15) is 5.10 Å². The second-order valence-corrected chi connectivity index (χ2v) is 6.20. The van der Waals surface area contributed by atoms with Gasteiger partial charge in [-0.05, 0) is 25.0 Å². The summed E-state index contributed by atoms with van der Waals surface area (Å²) >= 11 is 0. The number of carboxylic acid groups (broad SMARTS) is 1. The average Bonchev–Trinajstić information content (AvgIpc) is 3.28. The second-order valence-electron chi connectivity index (χ2n) is 6.20. The van der Waals surface area contributed by atoms with Crippen LogP contribution in [0.3, 0.4) is 0 Å². The largest absolute Gasteiger partial charge is 0.481 e. The molecule has 0 radical (unpaired) electrons. The molecule has 132 valence electrons. The van der Waals surface area contributed by atoms with Gasteiger partial charge in [0, 0.05) is 24.8 Å². The molecule has 1 fully saturated rings. The smallest absolute Gasteiger partial charge is 0.308 e. The van der Waals surface area contributed by atoms with Gasteiger partial charge in [0.2, 0.25) is 0 Å². The summed E-state index contributed by atoms with van der Waals surface area (Å²) in [6, 6.07) is 3.10. The van der Waals surface area contributed by atoms with Gasteiger partial charge in [0.25, 0.3) is 5.91 Å². The van der Waals surface area contributed by atoms with Crippen molar-refractivity contribution < 1.29 is 23.5 Å². The van der Waals surface area contributed by atoms with Crippen LogP contribution in [0, 0.1) is 17.6 Å². The van der Waals surface area contributed by atoms with E-state index in [0.717, 1.165) is 29.7 Å². The standard InChI is InChI=1S/C17H17F2N3O3/c1-10(17(24)25)8-21(13-3-4-13)16(23)11-7-20-22(9-11)15-5-2-12(18)6-14(15)19/h2,5-7,9-10,13H,3-4,8H2,1H3,(H,24,25)/t10-/m1/s1. The van der Waals surface area contributed by atoms with Gasteiger partial charge in [-0.25, -0.2) is 13.5 Å². The minimum Gasteiger partial charge on any atom is -0.481 e. The quantitative estimate of drug-likeness (QED) is 0.869. The van der Waals surface area contributed by atoms with E-state index in [1.165, 1.54) is 23.4 Å². The summed E-state index contributed by atoms with van der Waals surface area (Å²) in [5, 5.41) is 13.0. The summed E-state index contributed by atoms with van der Waals surface area (Å²) in [7, 11) is 0. The van der Waals surface area contributed by atoms with Crippen LogP contribution < -0.4 is 0 Å². The molecule has 1 saturated carbocycles. The van der Waals surface area contributed by atoms with Crippen molar-refractivity contribution in [3.05, 3.63) is 47.8 Å². The Hall–Kier alpha value is -2.77. The van der Waals surface area contributed by atoms with Crippen LogP contribution in [-0.4, -0.2) is 44.3 Å². The van der Waals surface area contributed by atoms with Crippen LogP contribution in [0.4, 0.5) is 8.78 Å². The molecule has 1 aromatic heterocycles. The van der Waals surface area contributed by atoms with E-state index >= 15 is 0 Å². The number of amides is 1. The van der Waals surface area contributed by atoms with Crippen LogP contribution in [-0.2, 0) is 4.79 Å². The zero-order valence-corrected chi connectivity index (χ0v) is 13.5. The van der Waals surface area contributed by atoms with E-state index in [4.69, 9.17) is 5.11 Å². The van der Waals surface area contributed by atoms with E-state index in [9.17, 15) is 18.4 Å². The fourth-order valence-corrected chi connectivity index (χ4v) is 2.56. The van der Waals surface area contributed by atoms with Crippen molar-refractivity contribution in [2.24, 2.45) is 5.92 Å². The van der Waals surface area contributed by atoms with Gasteiger partial charge >= 0.3 is 5.97 Å². The Kier molecular flexibility index (Phi) is 4.52. The fraction of sp³-hybridized carbons (Fsp3) is 0.353. The van der Waals surface area contributed by atoms with Crippen molar-refractivity contribution in [2.45, 2.75) is 25.8 Å². The lowest BCUT2D eigenvalue weighted by molar-refractivity contribution is -0.141.